The number of hydrogen-bond donors (Lipinski definition) is 0. The predicted molar refractivity (Wildman–Crippen MR) is 81.7 cm³/mol. The number of likely N-dealkylation sites (tertiary alicyclic amines) is 1. The maximum absolute atomic E-state index is 12.8. The van der Waals surface area contributed by atoms with Crippen LogP contribution in [0.5, 0.6) is 0 Å². The Morgan fingerprint density at radius 2 is 1.95 bits per heavy atom. The van der Waals surface area contributed by atoms with Crippen molar-refractivity contribution in [3.8, 4) is 0 Å². The molecule has 108 valence electrons. The number of hydrogen-bond acceptors (Lipinski definition) is 1. The summed E-state index contributed by atoms with van der Waals surface area (Å²) in [5.74, 6) is 0.145. The fourth-order valence-electron chi connectivity index (χ4n) is 3.08. The molecule has 1 atom stereocenters. The minimum absolute atomic E-state index is 0.145. The van der Waals surface area contributed by atoms with Crippen LogP contribution in [0.3, 0.4) is 0 Å². The summed E-state index contributed by atoms with van der Waals surface area (Å²) in [6, 6.07) is 14.0. The Hall–Kier alpha value is -2.16. The van der Waals surface area contributed by atoms with Gasteiger partial charge in [0.2, 0.25) is 0 Å². The highest BCUT2D eigenvalue weighted by Gasteiger charge is 2.29. The molecule has 0 aliphatic carbocycles. The quantitative estimate of drug-likeness (QED) is 0.777. The molecule has 0 radical (unpaired) electrons. The van der Waals surface area contributed by atoms with E-state index >= 15 is 0 Å². The van der Waals surface area contributed by atoms with Gasteiger partial charge in [0.15, 0.2) is 12.4 Å². The average Bonchev–Trinajstić information content (AvgIpc) is 2.55. The van der Waals surface area contributed by atoms with E-state index in [0.717, 1.165) is 24.9 Å². The lowest BCUT2D eigenvalue weighted by Crippen LogP contribution is -2.39. The number of aryl methyl sites for hydroxylation is 1. The van der Waals surface area contributed by atoms with Gasteiger partial charge < -0.3 is 4.90 Å². The highest BCUT2D eigenvalue weighted by Crippen LogP contribution is 2.31. The van der Waals surface area contributed by atoms with Crippen molar-refractivity contribution in [1.29, 1.82) is 0 Å². The van der Waals surface area contributed by atoms with Crippen molar-refractivity contribution in [2.75, 3.05) is 6.54 Å². The SMILES string of the molecule is C[n+]1cccc([C@H]2CCCCN2C(=O)c2ccccc2)c1. The molecule has 1 aromatic heterocycles. The number of carbonyl (C=O) groups is 1. The minimum Gasteiger partial charge on any atom is -0.331 e. The highest BCUT2D eigenvalue weighted by atomic mass is 16.2. The third kappa shape index (κ3) is 2.97. The van der Waals surface area contributed by atoms with Crippen LogP contribution in [0.2, 0.25) is 0 Å². The van der Waals surface area contributed by atoms with Gasteiger partial charge in [-0.25, -0.2) is 4.57 Å². The lowest BCUT2D eigenvalue weighted by atomic mass is 9.95. The molecule has 0 spiro atoms. The van der Waals surface area contributed by atoms with E-state index in [9.17, 15) is 4.79 Å². The van der Waals surface area contributed by atoms with Gasteiger partial charge in [-0.05, 0) is 37.5 Å². The number of aromatic nitrogens is 1. The Labute approximate surface area is 125 Å². The Morgan fingerprint density at radius 1 is 1.14 bits per heavy atom. The summed E-state index contributed by atoms with van der Waals surface area (Å²) in [4.78, 5) is 14.8. The molecule has 1 aliphatic rings. The van der Waals surface area contributed by atoms with Crippen molar-refractivity contribution in [1.82, 2.24) is 4.90 Å². The lowest BCUT2D eigenvalue weighted by molar-refractivity contribution is -0.672. The monoisotopic (exact) mass is 281 g/mol. The smallest absolute Gasteiger partial charge is 0.254 e. The third-order valence-corrected chi connectivity index (χ3v) is 4.13. The second-order valence-corrected chi connectivity index (χ2v) is 5.68. The Kier molecular flexibility index (Phi) is 4.00. The van der Waals surface area contributed by atoms with Crippen LogP contribution in [0, 0.1) is 0 Å². The van der Waals surface area contributed by atoms with E-state index < -0.39 is 0 Å². The number of amides is 1. The molecule has 2 aromatic rings. The molecule has 3 rings (SSSR count). The zero-order valence-electron chi connectivity index (χ0n) is 12.4. The summed E-state index contributed by atoms with van der Waals surface area (Å²) < 4.78 is 2.05. The maximum Gasteiger partial charge on any atom is 0.254 e. The van der Waals surface area contributed by atoms with Gasteiger partial charge in [0.1, 0.15) is 7.05 Å². The van der Waals surface area contributed by atoms with Gasteiger partial charge in [-0.15, -0.1) is 0 Å². The number of piperidine rings is 1. The highest BCUT2D eigenvalue weighted by molar-refractivity contribution is 5.94. The molecule has 3 heteroatoms. The fourth-order valence-corrected chi connectivity index (χ4v) is 3.08. The Balaban J connectivity index is 1.90. The zero-order chi connectivity index (χ0) is 14.7. The first-order valence-corrected chi connectivity index (χ1v) is 7.57. The average molecular weight is 281 g/mol. The van der Waals surface area contributed by atoms with Crippen molar-refractivity contribution >= 4 is 5.91 Å². The van der Waals surface area contributed by atoms with Crippen LogP contribution in [0.15, 0.2) is 54.9 Å². The standard InChI is InChI=1S/C18H21N2O/c1-19-12-7-10-16(14-19)17-11-5-6-13-20(17)18(21)15-8-3-2-4-9-15/h2-4,7-10,12,14,17H,5-6,11,13H2,1H3/q+1/t17-/m1/s1. The molecule has 0 unspecified atom stereocenters. The molecule has 3 nitrogen and oxygen atoms in total. The van der Waals surface area contributed by atoms with Gasteiger partial charge in [-0.1, -0.05) is 18.2 Å². The van der Waals surface area contributed by atoms with E-state index in [1.807, 2.05) is 48.5 Å². The predicted octanol–water partition coefficient (Wildman–Crippen LogP) is 2.88. The van der Waals surface area contributed by atoms with E-state index in [0.29, 0.717) is 0 Å². The first-order chi connectivity index (χ1) is 10.3. The molecule has 1 aromatic carbocycles. The van der Waals surface area contributed by atoms with Crippen molar-refractivity contribution in [3.05, 3.63) is 66.0 Å². The molecule has 21 heavy (non-hydrogen) atoms. The molecular formula is C18H21N2O+. The normalized spacial score (nSPS) is 18.5. The molecule has 0 saturated carbocycles. The lowest BCUT2D eigenvalue weighted by Gasteiger charge is -2.35. The van der Waals surface area contributed by atoms with Crippen LogP contribution in [0.1, 0.15) is 41.2 Å². The zero-order valence-corrected chi connectivity index (χ0v) is 12.4. The van der Waals surface area contributed by atoms with Crippen molar-refractivity contribution < 1.29 is 9.36 Å². The maximum atomic E-state index is 12.8. The van der Waals surface area contributed by atoms with Gasteiger partial charge in [-0.3, -0.25) is 4.79 Å². The Morgan fingerprint density at radius 3 is 2.71 bits per heavy atom. The third-order valence-electron chi connectivity index (χ3n) is 4.13. The summed E-state index contributed by atoms with van der Waals surface area (Å²) in [5, 5.41) is 0. The van der Waals surface area contributed by atoms with Crippen LogP contribution in [-0.2, 0) is 7.05 Å². The number of rotatable bonds is 2. The molecule has 1 aliphatic heterocycles. The first-order valence-electron chi connectivity index (χ1n) is 7.57. The van der Waals surface area contributed by atoms with Crippen molar-refractivity contribution in [2.45, 2.75) is 25.3 Å². The van der Waals surface area contributed by atoms with Crippen molar-refractivity contribution in [2.24, 2.45) is 7.05 Å². The largest absolute Gasteiger partial charge is 0.331 e. The summed E-state index contributed by atoms with van der Waals surface area (Å²) in [7, 11) is 2.02. The van der Waals surface area contributed by atoms with Gasteiger partial charge in [-0.2, -0.15) is 0 Å². The van der Waals surface area contributed by atoms with E-state index in [2.05, 4.69) is 22.9 Å². The molecule has 1 amide bonds. The summed E-state index contributed by atoms with van der Waals surface area (Å²) in [6.45, 7) is 0.844. The number of pyridine rings is 1. The topological polar surface area (TPSA) is 24.2 Å². The van der Waals surface area contributed by atoms with E-state index in [1.54, 1.807) is 0 Å². The van der Waals surface area contributed by atoms with Crippen LogP contribution in [0.25, 0.3) is 0 Å². The second-order valence-electron chi connectivity index (χ2n) is 5.68. The van der Waals surface area contributed by atoms with Crippen LogP contribution < -0.4 is 4.57 Å². The molecule has 1 saturated heterocycles. The molecule has 1 fully saturated rings. The van der Waals surface area contributed by atoms with Crippen LogP contribution in [0.4, 0.5) is 0 Å². The van der Waals surface area contributed by atoms with Gasteiger partial charge >= 0.3 is 0 Å². The number of nitrogens with zero attached hydrogens (tertiary/aromatic N) is 2. The van der Waals surface area contributed by atoms with Crippen molar-refractivity contribution in [3.63, 3.8) is 0 Å². The summed E-state index contributed by atoms with van der Waals surface area (Å²) in [5.41, 5.74) is 2.01. The van der Waals surface area contributed by atoms with E-state index in [4.69, 9.17) is 0 Å². The fraction of sp³-hybridized carbons (Fsp3) is 0.333. The van der Waals surface area contributed by atoms with E-state index in [-0.39, 0.29) is 11.9 Å². The molecule has 2 heterocycles. The number of benzene rings is 1. The van der Waals surface area contributed by atoms with E-state index in [1.165, 1.54) is 12.0 Å². The summed E-state index contributed by atoms with van der Waals surface area (Å²) in [6.07, 6.45) is 7.47. The molecule has 0 N–H and O–H groups in total. The van der Waals surface area contributed by atoms with Gasteiger partial charge in [0, 0.05) is 23.7 Å². The second kappa shape index (κ2) is 6.08. The van der Waals surface area contributed by atoms with Crippen LogP contribution >= 0.6 is 0 Å². The van der Waals surface area contributed by atoms with Crippen LogP contribution in [-0.4, -0.2) is 17.4 Å². The summed E-state index contributed by atoms with van der Waals surface area (Å²) >= 11 is 0. The number of carbonyl (C=O) groups excluding carboxylic acids is 1. The minimum atomic E-state index is 0.145. The van der Waals surface area contributed by atoms with Gasteiger partial charge in [0.05, 0.1) is 6.04 Å². The molecular weight excluding hydrogens is 260 g/mol. The molecule has 0 bridgehead atoms. The Bertz CT molecular complexity index is 624. The van der Waals surface area contributed by atoms with Gasteiger partial charge in [0.25, 0.3) is 5.91 Å². The first kappa shape index (κ1) is 13.8.